The van der Waals surface area contributed by atoms with Crippen LogP contribution >= 0.6 is 11.8 Å². The molecule has 0 atom stereocenters. The van der Waals surface area contributed by atoms with Crippen molar-refractivity contribution < 1.29 is 14.3 Å². The fourth-order valence-corrected chi connectivity index (χ4v) is 1.43. The lowest BCUT2D eigenvalue weighted by Crippen LogP contribution is -1.97. The maximum atomic E-state index is 10.1. The number of aliphatic carboxylic acids is 1. The van der Waals surface area contributed by atoms with E-state index in [0.717, 1.165) is 11.5 Å². The first-order chi connectivity index (χ1) is 5.68. The number of carboxylic acids is 1. The molecule has 1 aromatic heterocycles. The lowest BCUT2D eigenvalue weighted by atomic mass is 10.5. The molecule has 0 amide bonds. The Hall–Kier alpha value is -0.900. The van der Waals surface area contributed by atoms with E-state index in [1.807, 2.05) is 19.1 Å². The van der Waals surface area contributed by atoms with E-state index in [-0.39, 0.29) is 5.75 Å². The highest BCUT2D eigenvalue weighted by Crippen LogP contribution is 2.14. The molecular weight excluding hydrogens is 176 g/mol. The third kappa shape index (κ3) is 3.00. The molecule has 0 saturated carbocycles. The molecule has 0 unspecified atom stereocenters. The van der Waals surface area contributed by atoms with Crippen LogP contribution in [0, 0.1) is 6.92 Å². The molecule has 0 spiro atoms. The van der Waals surface area contributed by atoms with Crippen LogP contribution < -0.4 is 0 Å². The molecule has 0 aromatic carbocycles. The minimum absolute atomic E-state index is 0.125. The second kappa shape index (κ2) is 4.21. The number of furan rings is 1. The third-order valence-electron chi connectivity index (χ3n) is 1.27. The Morgan fingerprint density at radius 2 is 2.42 bits per heavy atom. The molecule has 0 aliphatic carbocycles. The van der Waals surface area contributed by atoms with Crippen LogP contribution in [0.2, 0.25) is 0 Å². The van der Waals surface area contributed by atoms with Crippen LogP contribution in [0.3, 0.4) is 0 Å². The second-order valence-corrected chi connectivity index (χ2v) is 3.38. The Kier molecular flexibility index (Phi) is 3.22. The SMILES string of the molecule is Cc1ccc(CSCC(=O)O)o1. The van der Waals surface area contributed by atoms with Gasteiger partial charge in [-0.2, -0.15) is 0 Å². The van der Waals surface area contributed by atoms with Gasteiger partial charge in [-0.15, -0.1) is 11.8 Å². The summed E-state index contributed by atoms with van der Waals surface area (Å²) in [5, 5.41) is 8.35. The van der Waals surface area contributed by atoms with E-state index in [1.165, 1.54) is 11.8 Å². The van der Waals surface area contributed by atoms with Crippen molar-refractivity contribution in [2.24, 2.45) is 0 Å². The maximum absolute atomic E-state index is 10.1. The van der Waals surface area contributed by atoms with E-state index in [2.05, 4.69) is 0 Å². The minimum Gasteiger partial charge on any atom is -0.481 e. The molecule has 4 heteroatoms. The van der Waals surface area contributed by atoms with Crippen molar-refractivity contribution in [1.29, 1.82) is 0 Å². The lowest BCUT2D eigenvalue weighted by Gasteiger charge is -1.93. The summed E-state index contributed by atoms with van der Waals surface area (Å²) in [6, 6.07) is 3.74. The van der Waals surface area contributed by atoms with Crippen LogP contribution in [0.1, 0.15) is 11.5 Å². The Morgan fingerprint density at radius 1 is 1.67 bits per heavy atom. The van der Waals surface area contributed by atoms with Gasteiger partial charge in [-0.1, -0.05) is 0 Å². The first-order valence-corrected chi connectivity index (χ1v) is 4.69. The van der Waals surface area contributed by atoms with Crippen molar-refractivity contribution in [1.82, 2.24) is 0 Å². The monoisotopic (exact) mass is 186 g/mol. The molecule has 0 fully saturated rings. The van der Waals surface area contributed by atoms with E-state index < -0.39 is 5.97 Å². The van der Waals surface area contributed by atoms with Gasteiger partial charge in [-0.05, 0) is 19.1 Å². The van der Waals surface area contributed by atoms with E-state index >= 15 is 0 Å². The van der Waals surface area contributed by atoms with E-state index in [4.69, 9.17) is 9.52 Å². The average Bonchev–Trinajstić information content (AvgIpc) is 2.35. The molecule has 1 heterocycles. The van der Waals surface area contributed by atoms with Gasteiger partial charge in [0.05, 0.1) is 11.5 Å². The van der Waals surface area contributed by atoms with Crippen LogP contribution in [-0.2, 0) is 10.5 Å². The van der Waals surface area contributed by atoms with Gasteiger partial charge in [-0.3, -0.25) is 4.79 Å². The summed E-state index contributed by atoms with van der Waals surface area (Å²) in [6.45, 7) is 1.87. The topological polar surface area (TPSA) is 50.4 Å². The van der Waals surface area contributed by atoms with Gasteiger partial charge in [0, 0.05) is 0 Å². The molecule has 0 saturated heterocycles. The normalized spacial score (nSPS) is 10.1. The summed E-state index contributed by atoms with van der Waals surface area (Å²) >= 11 is 1.33. The fraction of sp³-hybridized carbons (Fsp3) is 0.375. The van der Waals surface area contributed by atoms with Crippen LogP contribution in [0.4, 0.5) is 0 Å². The molecule has 0 aliphatic rings. The van der Waals surface area contributed by atoms with Crippen molar-refractivity contribution in [3.05, 3.63) is 23.7 Å². The lowest BCUT2D eigenvalue weighted by molar-refractivity contribution is -0.133. The van der Waals surface area contributed by atoms with E-state index in [0.29, 0.717) is 5.75 Å². The fourth-order valence-electron chi connectivity index (χ4n) is 0.802. The first kappa shape index (κ1) is 9.19. The Balaban J connectivity index is 2.29. The van der Waals surface area contributed by atoms with Crippen molar-refractivity contribution in [2.75, 3.05) is 5.75 Å². The highest BCUT2D eigenvalue weighted by Gasteiger charge is 2.00. The summed E-state index contributed by atoms with van der Waals surface area (Å²) in [4.78, 5) is 10.1. The van der Waals surface area contributed by atoms with Crippen molar-refractivity contribution >= 4 is 17.7 Å². The van der Waals surface area contributed by atoms with Gasteiger partial charge in [0.2, 0.25) is 0 Å². The van der Waals surface area contributed by atoms with Gasteiger partial charge < -0.3 is 9.52 Å². The summed E-state index contributed by atoms with van der Waals surface area (Å²) < 4.78 is 5.25. The Bertz CT molecular complexity index is 267. The third-order valence-corrected chi connectivity index (χ3v) is 2.21. The average molecular weight is 186 g/mol. The van der Waals surface area contributed by atoms with Gasteiger partial charge in [-0.25, -0.2) is 0 Å². The van der Waals surface area contributed by atoms with Crippen molar-refractivity contribution in [3.63, 3.8) is 0 Å². The molecule has 66 valence electrons. The first-order valence-electron chi connectivity index (χ1n) is 3.53. The molecular formula is C8H10O3S. The number of rotatable bonds is 4. The minimum atomic E-state index is -0.789. The van der Waals surface area contributed by atoms with Crippen molar-refractivity contribution in [3.8, 4) is 0 Å². The summed E-state index contributed by atoms with van der Waals surface area (Å²) in [5.41, 5.74) is 0. The molecule has 0 bridgehead atoms. The van der Waals surface area contributed by atoms with Gasteiger partial charge in [0.25, 0.3) is 0 Å². The largest absolute Gasteiger partial charge is 0.481 e. The number of carboxylic acid groups (broad SMARTS) is 1. The molecule has 12 heavy (non-hydrogen) atoms. The van der Waals surface area contributed by atoms with Gasteiger partial charge in [0.1, 0.15) is 11.5 Å². The number of aryl methyl sites for hydroxylation is 1. The number of hydrogen-bond acceptors (Lipinski definition) is 3. The van der Waals surface area contributed by atoms with Crippen molar-refractivity contribution in [2.45, 2.75) is 12.7 Å². The summed E-state index contributed by atoms with van der Waals surface area (Å²) in [5.74, 6) is 1.66. The van der Waals surface area contributed by atoms with Crippen LogP contribution in [0.25, 0.3) is 0 Å². The maximum Gasteiger partial charge on any atom is 0.313 e. The molecule has 0 aliphatic heterocycles. The van der Waals surface area contributed by atoms with E-state index in [1.54, 1.807) is 0 Å². The summed E-state index contributed by atoms with van der Waals surface area (Å²) in [7, 11) is 0. The van der Waals surface area contributed by atoms with Gasteiger partial charge in [0.15, 0.2) is 0 Å². The molecule has 1 aromatic rings. The number of thioether (sulfide) groups is 1. The second-order valence-electron chi connectivity index (χ2n) is 2.40. The highest BCUT2D eigenvalue weighted by molar-refractivity contribution is 7.99. The molecule has 1 N–H and O–H groups in total. The predicted molar refractivity (Wildman–Crippen MR) is 47.2 cm³/mol. The Morgan fingerprint density at radius 3 is 2.92 bits per heavy atom. The quantitative estimate of drug-likeness (QED) is 0.780. The summed E-state index contributed by atoms with van der Waals surface area (Å²) in [6.07, 6.45) is 0. The molecule has 3 nitrogen and oxygen atoms in total. The van der Waals surface area contributed by atoms with Gasteiger partial charge >= 0.3 is 5.97 Å². The number of carbonyl (C=O) groups is 1. The van der Waals surface area contributed by atoms with Crippen LogP contribution in [-0.4, -0.2) is 16.8 Å². The zero-order valence-corrected chi connectivity index (χ0v) is 7.56. The standard InChI is InChI=1S/C8H10O3S/c1-6-2-3-7(11-6)4-12-5-8(9)10/h2-3H,4-5H2,1H3,(H,9,10). The zero-order valence-electron chi connectivity index (χ0n) is 6.74. The van der Waals surface area contributed by atoms with Crippen LogP contribution in [0.15, 0.2) is 16.5 Å². The molecule has 1 rings (SSSR count). The predicted octanol–water partition coefficient (Wildman–Crippen LogP) is 1.91. The number of hydrogen-bond donors (Lipinski definition) is 1. The van der Waals surface area contributed by atoms with Crippen LogP contribution in [0.5, 0.6) is 0 Å². The molecule has 0 radical (unpaired) electrons. The zero-order chi connectivity index (χ0) is 8.97. The highest BCUT2D eigenvalue weighted by atomic mass is 32.2. The Labute approximate surface area is 74.8 Å². The van der Waals surface area contributed by atoms with E-state index in [9.17, 15) is 4.79 Å². The smallest absolute Gasteiger partial charge is 0.313 e.